The number of hydrogen-bond donors (Lipinski definition) is 1. The molecule has 0 radical (unpaired) electrons. The van der Waals surface area contributed by atoms with E-state index < -0.39 is 0 Å². The quantitative estimate of drug-likeness (QED) is 0.683. The lowest BCUT2D eigenvalue weighted by Crippen LogP contribution is -2.47. The summed E-state index contributed by atoms with van der Waals surface area (Å²) in [4.78, 5) is 33.1. The molecule has 10 heteroatoms. The number of piperidine rings is 1. The van der Waals surface area contributed by atoms with Gasteiger partial charge in [-0.3, -0.25) is 14.5 Å². The number of ether oxygens (including phenoxy) is 1. The van der Waals surface area contributed by atoms with Gasteiger partial charge in [0.05, 0.1) is 13.3 Å². The maximum atomic E-state index is 12.4. The van der Waals surface area contributed by atoms with Crippen molar-refractivity contribution in [3.8, 4) is 5.88 Å². The van der Waals surface area contributed by atoms with Crippen LogP contribution in [0.1, 0.15) is 25.7 Å². The van der Waals surface area contributed by atoms with Gasteiger partial charge in [0.2, 0.25) is 11.8 Å². The SMILES string of the molecule is COc1cc(N(C2CC2)C2CCN(c3nc4c(cnn4C)c(=O)[nH]3)CC2)ncn1. The number of nitrogens with zero attached hydrogens (tertiary/aromatic N) is 7. The molecule has 1 aliphatic heterocycles. The Bertz CT molecular complexity index is 1080. The minimum atomic E-state index is -0.145. The molecule has 29 heavy (non-hydrogen) atoms. The number of nitrogens with one attached hydrogen (secondary N) is 1. The normalized spacial score (nSPS) is 17.7. The van der Waals surface area contributed by atoms with E-state index in [0.717, 1.165) is 31.7 Å². The molecule has 3 aromatic heterocycles. The first kappa shape index (κ1) is 17.9. The van der Waals surface area contributed by atoms with Gasteiger partial charge in [-0.25, -0.2) is 9.97 Å². The Morgan fingerprint density at radius 3 is 2.66 bits per heavy atom. The van der Waals surface area contributed by atoms with Crippen LogP contribution in [0.25, 0.3) is 11.0 Å². The van der Waals surface area contributed by atoms with Gasteiger partial charge in [0, 0.05) is 38.3 Å². The van der Waals surface area contributed by atoms with Gasteiger partial charge in [-0.05, 0) is 25.7 Å². The molecule has 152 valence electrons. The lowest BCUT2D eigenvalue weighted by atomic mass is 10.0. The Morgan fingerprint density at radius 1 is 1.17 bits per heavy atom. The minimum Gasteiger partial charge on any atom is -0.481 e. The number of aryl methyl sites for hydroxylation is 1. The van der Waals surface area contributed by atoms with Crippen molar-refractivity contribution in [1.82, 2.24) is 29.7 Å². The van der Waals surface area contributed by atoms with E-state index >= 15 is 0 Å². The maximum Gasteiger partial charge on any atom is 0.263 e. The minimum absolute atomic E-state index is 0.145. The van der Waals surface area contributed by atoms with Crippen molar-refractivity contribution >= 4 is 22.8 Å². The standard InChI is InChI=1S/C19H24N8O2/c1-25-17-14(10-22-25)18(28)24-19(23-17)26-7-5-13(6-8-26)27(12-3-4-12)15-9-16(29-2)21-11-20-15/h9-13H,3-8H2,1-2H3,(H,23,24,28). The van der Waals surface area contributed by atoms with E-state index in [4.69, 9.17) is 4.74 Å². The van der Waals surface area contributed by atoms with Crippen LogP contribution in [-0.2, 0) is 7.05 Å². The van der Waals surface area contributed by atoms with E-state index in [2.05, 4.69) is 34.8 Å². The first-order chi connectivity index (χ1) is 14.1. The van der Waals surface area contributed by atoms with Gasteiger partial charge >= 0.3 is 0 Å². The first-order valence-corrected chi connectivity index (χ1v) is 9.95. The molecule has 0 aromatic carbocycles. The molecule has 2 aliphatic rings. The van der Waals surface area contributed by atoms with E-state index in [1.165, 1.54) is 12.8 Å². The van der Waals surface area contributed by atoms with Crippen LogP contribution in [0.4, 0.5) is 11.8 Å². The molecule has 3 aromatic rings. The molecular formula is C19H24N8O2. The van der Waals surface area contributed by atoms with Crippen LogP contribution >= 0.6 is 0 Å². The average Bonchev–Trinajstić information content (AvgIpc) is 3.51. The molecule has 1 aliphatic carbocycles. The highest BCUT2D eigenvalue weighted by Crippen LogP contribution is 2.36. The molecule has 1 N–H and O–H groups in total. The highest BCUT2D eigenvalue weighted by atomic mass is 16.5. The van der Waals surface area contributed by atoms with Crippen molar-refractivity contribution < 1.29 is 4.74 Å². The van der Waals surface area contributed by atoms with E-state index in [1.807, 2.05) is 6.07 Å². The summed E-state index contributed by atoms with van der Waals surface area (Å²) in [7, 11) is 3.42. The predicted molar refractivity (Wildman–Crippen MR) is 108 cm³/mol. The molecular weight excluding hydrogens is 372 g/mol. The van der Waals surface area contributed by atoms with Crippen LogP contribution in [0.15, 0.2) is 23.4 Å². The van der Waals surface area contributed by atoms with Crippen LogP contribution in [0, 0.1) is 0 Å². The molecule has 1 saturated heterocycles. The lowest BCUT2D eigenvalue weighted by molar-refractivity contribution is 0.395. The zero-order valence-corrected chi connectivity index (χ0v) is 16.6. The zero-order valence-electron chi connectivity index (χ0n) is 16.6. The summed E-state index contributed by atoms with van der Waals surface area (Å²) in [5.41, 5.74) is 0.464. The molecule has 0 unspecified atom stereocenters. The number of aromatic amines is 1. The summed E-state index contributed by atoms with van der Waals surface area (Å²) in [6.45, 7) is 1.64. The number of anilines is 2. The van der Waals surface area contributed by atoms with Crippen molar-refractivity contribution in [3.63, 3.8) is 0 Å². The van der Waals surface area contributed by atoms with Gasteiger partial charge in [-0.15, -0.1) is 0 Å². The fourth-order valence-corrected chi connectivity index (χ4v) is 4.13. The second-order valence-corrected chi connectivity index (χ2v) is 7.67. The fraction of sp³-hybridized carbons (Fsp3) is 0.526. The fourth-order valence-electron chi connectivity index (χ4n) is 4.13. The summed E-state index contributed by atoms with van der Waals surface area (Å²) in [5.74, 6) is 2.14. The Kier molecular flexibility index (Phi) is 4.33. The van der Waals surface area contributed by atoms with E-state index in [0.29, 0.717) is 34.9 Å². The van der Waals surface area contributed by atoms with Crippen LogP contribution in [0.3, 0.4) is 0 Å². The highest BCUT2D eigenvalue weighted by Gasteiger charge is 2.37. The third-order valence-electron chi connectivity index (χ3n) is 5.79. The Balaban J connectivity index is 1.35. The summed E-state index contributed by atoms with van der Waals surface area (Å²) in [6.07, 6.45) is 7.44. The van der Waals surface area contributed by atoms with E-state index in [9.17, 15) is 4.79 Å². The average molecular weight is 396 g/mol. The van der Waals surface area contributed by atoms with Gasteiger partial charge in [-0.2, -0.15) is 10.1 Å². The van der Waals surface area contributed by atoms with Gasteiger partial charge in [-0.1, -0.05) is 0 Å². The van der Waals surface area contributed by atoms with Gasteiger partial charge in [0.15, 0.2) is 5.65 Å². The van der Waals surface area contributed by atoms with E-state index in [1.54, 1.807) is 31.4 Å². The number of methoxy groups -OCH3 is 1. The molecule has 10 nitrogen and oxygen atoms in total. The number of fused-ring (bicyclic) bond motifs is 1. The van der Waals surface area contributed by atoms with Crippen molar-refractivity contribution in [2.45, 2.75) is 37.8 Å². The largest absolute Gasteiger partial charge is 0.481 e. The summed E-state index contributed by atoms with van der Waals surface area (Å²) in [6, 6.07) is 2.85. The van der Waals surface area contributed by atoms with Gasteiger partial charge < -0.3 is 14.5 Å². The number of H-pyrrole nitrogens is 1. The first-order valence-electron chi connectivity index (χ1n) is 9.95. The third-order valence-corrected chi connectivity index (χ3v) is 5.79. The van der Waals surface area contributed by atoms with Crippen molar-refractivity contribution in [3.05, 3.63) is 28.9 Å². The molecule has 2 fully saturated rings. The second-order valence-electron chi connectivity index (χ2n) is 7.67. The Morgan fingerprint density at radius 2 is 1.93 bits per heavy atom. The van der Waals surface area contributed by atoms with Crippen molar-refractivity contribution in [2.75, 3.05) is 30.0 Å². The predicted octanol–water partition coefficient (Wildman–Crippen LogP) is 1.09. The number of rotatable bonds is 5. The van der Waals surface area contributed by atoms with Crippen LogP contribution in [0.2, 0.25) is 0 Å². The number of hydrogen-bond acceptors (Lipinski definition) is 8. The summed E-state index contributed by atoms with van der Waals surface area (Å²) in [5, 5.41) is 4.66. The molecule has 0 spiro atoms. The summed E-state index contributed by atoms with van der Waals surface area (Å²) < 4.78 is 6.92. The topological polar surface area (TPSA) is 105 Å². The monoisotopic (exact) mass is 396 g/mol. The molecule has 0 atom stereocenters. The van der Waals surface area contributed by atoms with Crippen LogP contribution in [0.5, 0.6) is 5.88 Å². The van der Waals surface area contributed by atoms with Gasteiger partial charge in [0.25, 0.3) is 5.56 Å². The molecule has 5 rings (SSSR count). The smallest absolute Gasteiger partial charge is 0.263 e. The molecule has 4 heterocycles. The lowest BCUT2D eigenvalue weighted by Gasteiger charge is -2.39. The zero-order chi connectivity index (χ0) is 20.0. The van der Waals surface area contributed by atoms with Crippen molar-refractivity contribution in [2.24, 2.45) is 7.05 Å². The highest BCUT2D eigenvalue weighted by molar-refractivity contribution is 5.74. The number of aromatic nitrogens is 6. The second kappa shape index (κ2) is 7.02. The van der Waals surface area contributed by atoms with Gasteiger partial charge in [0.1, 0.15) is 17.5 Å². The van der Waals surface area contributed by atoms with E-state index in [-0.39, 0.29) is 5.56 Å². The molecule has 0 amide bonds. The third kappa shape index (κ3) is 3.28. The molecule has 0 bridgehead atoms. The molecule has 1 saturated carbocycles. The van der Waals surface area contributed by atoms with Crippen LogP contribution in [-0.4, -0.2) is 62.0 Å². The Hall–Kier alpha value is -3.17. The van der Waals surface area contributed by atoms with Crippen molar-refractivity contribution in [1.29, 1.82) is 0 Å². The van der Waals surface area contributed by atoms with Crippen LogP contribution < -0.4 is 20.1 Å². The Labute approximate surface area is 167 Å². The maximum absolute atomic E-state index is 12.4. The summed E-state index contributed by atoms with van der Waals surface area (Å²) >= 11 is 0.